The van der Waals surface area contributed by atoms with Gasteiger partial charge in [-0.1, -0.05) is 30.3 Å². The second-order valence-corrected chi connectivity index (χ2v) is 6.77. The van der Waals surface area contributed by atoms with E-state index < -0.39 is 23.4 Å². The molecule has 0 bridgehead atoms. The van der Waals surface area contributed by atoms with Gasteiger partial charge in [0.2, 0.25) is 0 Å². The fraction of sp³-hybridized carbons (Fsp3) is 0.167. The first-order valence-electron chi connectivity index (χ1n) is 10.2. The lowest BCUT2D eigenvalue weighted by molar-refractivity contribution is -0.384. The Morgan fingerprint density at radius 1 is 0.912 bits per heavy atom. The van der Waals surface area contributed by atoms with Crippen LogP contribution in [0.4, 0.5) is 11.4 Å². The first-order chi connectivity index (χ1) is 16.5. The van der Waals surface area contributed by atoms with E-state index in [1.807, 2.05) is 30.3 Å². The Morgan fingerprint density at radius 3 is 2.35 bits per heavy atom. The molecular weight excluding hydrogens is 444 g/mol. The summed E-state index contributed by atoms with van der Waals surface area (Å²) in [5, 5.41) is 13.6. The summed E-state index contributed by atoms with van der Waals surface area (Å²) in [6.45, 7) is -0.204. The summed E-state index contributed by atoms with van der Waals surface area (Å²) in [5.41, 5.74) is -0.269. The highest BCUT2D eigenvalue weighted by Crippen LogP contribution is 2.29. The van der Waals surface area contributed by atoms with Gasteiger partial charge in [0.1, 0.15) is 41.7 Å². The molecule has 0 radical (unpaired) electrons. The van der Waals surface area contributed by atoms with E-state index in [1.54, 1.807) is 18.2 Å². The lowest BCUT2D eigenvalue weighted by atomic mass is 10.2. The highest BCUT2D eigenvalue weighted by molar-refractivity contribution is 5.97. The number of para-hydroxylation sites is 2. The van der Waals surface area contributed by atoms with Crippen molar-refractivity contribution in [3.05, 3.63) is 88.5 Å². The molecule has 10 nitrogen and oxygen atoms in total. The van der Waals surface area contributed by atoms with Crippen LogP contribution in [0, 0.1) is 10.1 Å². The SMILES string of the molecule is COc1ccc(NC(=O)COC(=O)c2ccccc2OCCOc2ccccc2)c([N+](=O)[O-])c1. The molecule has 3 aromatic rings. The third kappa shape index (κ3) is 6.70. The van der Waals surface area contributed by atoms with Crippen LogP contribution < -0.4 is 19.5 Å². The number of carbonyl (C=O) groups excluding carboxylic acids is 2. The average molecular weight is 466 g/mol. The molecule has 0 unspecified atom stereocenters. The maximum atomic E-state index is 12.5. The van der Waals surface area contributed by atoms with Gasteiger partial charge in [-0.25, -0.2) is 4.79 Å². The van der Waals surface area contributed by atoms with Gasteiger partial charge in [0.25, 0.3) is 11.6 Å². The minimum absolute atomic E-state index is 0.0472. The molecule has 0 atom stereocenters. The molecule has 0 heterocycles. The molecule has 176 valence electrons. The number of nitro benzene ring substituents is 1. The molecule has 0 aliphatic heterocycles. The summed E-state index contributed by atoms with van der Waals surface area (Å²) in [7, 11) is 1.37. The average Bonchev–Trinajstić information content (AvgIpc) is 2.86. The zero-order valence-electron chi connectivity index (χ0n) is 18.3. The molecule has 0 saturated heterocycles. The molecule has 3 rings (SSSR count). The molecule has 0 aliphatic carbocycles. The van der Waals surface area contributed by atoms with Gasteiger partial charge in [-0.3, -0.25) is 14.9 Å². The number of benzene rings is 3. The number of rotatable bonds is 11. The number of hydrogen-bond acceptors (Lipinski definition) is 8. The van der Waals surface area contributed by atoms with E-state index in [1.165, 1.54) is 31.4 Å². The van der Waals surface area contributed by atoms with Crippen molar-refractivity contribution in [3.8, 4) is 17.2 Å². The van der Waals surface area contributed by atoms with Gasteiger partial charge in [-0.15, -0.1) is 0 Å². The van der Waals surface area contributed by atoms with Crippen molar-refractivity contribution in [3.63, 3.8) is 0 Å². The van der Waals surface area contributed by atoms with Crippen LogP contribution in [0.3, 0.4) is 0 Å². The maximum absolute atomic E-state index is 12.5. The molecule has 1 amide bonds. The number of amides is 1. The third-order valence-electron chi connectivity index (χ3n) is 4.47. The predicted molar refractivity (Wildman–Crippen MR) is 122 cm³/mol. The fourth-order valence-electron chi connectivity index (χ4n) is 2.88. The van der Waals surface area contributed by atoms with E-state index in [9.17, 15) is 19.7 Å². The summed E-state index contributed by atoms with van der Waals surface area (Å²) in [4.78, 5) is 35.3. The number of nitrogens with one attached hydrogen (secondary N) is 1. The molecule has 34 heavy (non-hydrogen) atoms. The van der Waals surface area contributed by atoms with Gasteiger partial charge >= 0.3 is 5.97 Å². The number of ether oxygens (including phenoxy) is 4. The topological polar surface area (TPSA) is 126 Å². The monoisotopic (exact) mass is 466 g/mol. The summed E-state index contributed by atoms with van der Waals surface area (Å²) >= 11 is 0. The van der Waals surface area contributed by atoms with Crippen LogP contribution in [0.15, 0.2) is 72.8 Å². The number of esters is 1. The molecule has 0 saturated carbocycles. The van der Waals surface area contributed by atoms with Crippen LogP contribution in [-0.2, 0) is 9.53 Å². The lowest BCUT2D eigenvalue weighted by Gasteiger charge is -2.12. The number of nitro groups is 1. The highest BCUT2D eigenvalue weighted by Gasteiger charge is 2.19. The molecule has 3 aromatic carbocycles. The molecule has 1 N–H and O–H groups in total. The van der Waals surface area contributed by atoms with Crippen molar-refractivity contribution in [1.29, 1.82) is 0 Å². The fourth-order valence-corrected chi connectivity index (χ4v) is 2.88. The van der Waals surface area contributed by atoms with Gasteiger partial charge in [-0.05, 0) is 36.4 Å². The normalized spacial score (nSPS) is 10.1. The molecule has 0 aromatic heterocycles. The van der Waals surface area contributed by atoms with Crippen LogP contribution in [0.25, 0.3) is 0 Å². The van der Waals surface area contributed by atoms with E-state index in [0.717, 1.165) is 0 Å². The molecule has 0 aliphatic rings. The number of methoxy groups -OCH3 is 1. The zero-order chi connectivity index (χ0) is 24.3. The molecule has 0 fully saturated rings. The smallest absolute Gasteiger partial charge is 0.342 e. The maximum Gasteiger partial charge on any atom is 0.342 e. The van der Waals surface area contributed by atoms with E-state index in [2.05, 4.69) is 5.32 Å². The van der Waals surface area contributed by atoms with Crippen LogP contribution in [0.5, 0.6) is 17.2 Å². The van der Waals surface area contributed by atoms with Crippen molar-refractivity contribution in [2.45, 2.75) is 0 Å². The standard InChI is InChI=1S/C24H22N2O8/c1-31-18-11-12-20(21(15-18)26(29)30)25-23(27)16-34-24(28)19-9-5-6-10-22(19)33-14-13-32-17-7-3-2-4-8-17/h2-12,15H,13-14,16H2,1H3,(H,25,27). The number of carbonyl (C=O) groups is 2. The molecule has 10 heteroatoms. The highest BCUT2D eigenvalue weighted by atomic mass is 16.6. The van der Waals surface area contributed by atoms with E-state index >= 15 is 0 Å². The summed E-state index contributed by atoms with van der Waals surface area (Å²) in [5.74, 6) is -0.283. The van der Waals surface area contributed by atoms with Gasteiger partial charge in [-0.2, -0.15) is 0 Å². The first-order valence-corrected chi connectivity index (χ1v) is 10.2. The summed E-state index contributed by atoms with van der Waals surface area (Å²) < 4.78 is 21.2. The Labute approximate surface area is 195 Å². The quantitative estimate of drug-likeness (QED) is 0.195. The first kappa shape index (κ1) is 24.1. The minimum atomic E-state index is -0.779. The third-order valence-corrected chi connectivity index (χ3v) is 4.47. The number of anilines is 1. The zero-order valence-corrected chi connectivity index (χ0v) is 18.3. The van der Waals surface area contributed by atoms with E-state index in [4.69, 9.17) is 18.9 Å². The van der Waals surface area contributed by atoms with Crippen LogP contribution >= 0.6 is 0 Å². The Hall–Kier alpha value is -4.60. The van der Waals surface area contributed by atoms with Gasteiger partial charge in [0.15, 0.2) is 6.61 Å². The minimum Gasteiger partial charge on any atom is -0.496 e. The van der Waals surface area contributed by atoms with E-state index in [0.29, 0.717) is 5.75 Å². The van der Waals surface area contributed by atoms with Gasteiger partial charge in [0, 0.05) is 0 Å². The van der Waals surface area contributed by atoms with Crippen LogP contribution in [0.1, 0.15) is 10.4 Å². The number of hydrogen-bond donors (Lipinski definition) is 1. The Kier molecular flexibility index (Phi) is 8.39. The largest absolute Gasteiger partial charge is 0.496 e. The Balaban J connectivity index is 1.54. The second-order valence-electron chi connectivity index (χ2n) is 6.77. The summed E-state index contributed by atoms with van der Waals surface area (Å²) in [6.07, 6.45) is 0. The van der Waals surface area contributed by atoms with Gasteiger partial charge in [0.05, 0.1) is 18.1 Å². The predicted octanol–water partition coefficient (Wildman–Crippen LogP) is 3.86. The Bertz CT molecular complexity index is 1150. The molecular formula is C24H22N2O8. The van der Waals surface area contributed by atoms with Crippen LogP contribution in [-0.4, -0.2) is 43.7 Å². The molecule has 0 spiro atoms. The Morgan fingerprint density at radius 2 is 1.62 bits per heavy atom. The van der Waals surface area contributed by atoms with Crippen molar-refractivity contribution in [2.24, 2.45) is 0 Å². The van der Waals surface area contributed by atoms with Gasteiger partial charge < -0.3 is 24.3 Å². The lowest BCUT2D eigenvalue weighted by Crippen LogP contribution is -2.22. The van der Waals surface area contributed by atoms with Crippen molar-refractivity contribution in [2.75, 3.05) is 32.2 Å². The van der Waals surface area contributed by atoms with Crippen molar-refractivity contribution < 1.29 is 33.5 Å². The van der Waals surface area contributed by atoms with E-state index in [-0.39, 0.29) is 41.7 Å². The number of nitrogens with zero attached hydrogens (tertiary/aromatic N) is 1. The summed E-state index contributed by atoms with van der Waals surface area (Å²) in [6, 6.07) is 19.6. The van der Waals surface area contributed by atoms with Crippen LogP contribution in [0.2, 0.25) is 0 Å². The second kappa shape index (κ2) is 11.9. The van der Waals surface area contributed by atoms with Crippen molar-refractivity contribution in [1.82, 2.24) is 0 Å². The van der Waals surface area contributed by atoms with Crippen molar-refractivity contribution >= 4 is 23.3 Å².